The maximum absolute atomic E-state index is 12.1. The summed E-state index contributed by atoms with van der Waals surface area (Å²) in [5, 5.41) is 0. The molecule has 3 rings (SSSR count). The summed E-state index contributed by atoms with van der Waals surface area (Å²) in [6, 6.07) is 1.87. The summed E-state index contributed by atoms with van der Waals surface area (Å²) in [6.07, 6.45) is 3.58. The third-order valence-corrected chi connectivity index (χ3v) is 4.58. The molecule has 0 aromatic carbocycles. The molecule has 0 radical (unpaired) electrons. The second kappa shape index (κ2) is 6.39. The molecule has 1 aromatic rings. The van der Waals surface area contributed by atoms with E-state index >= 15 is 0 Å². The molecule has 0 bridgehead atoms. The van der Waals surface area contributed by atoms with Gasteiger partial charge in [-0.2, -0.15) is 4.98 Å². The van der Waals surface area contributed by atoms with Crippen molar-refractivity contribution in [1.29, 1.82) is 0 Å². The van der Waals surface area contributed by atoms with Gasteiger partial charge in [0.1, 0.15) is 0 Å². The molecule has 1 aromatic heterocycles. The minimum absolute atomic E-state index is 0.0323. The molecule has 124 valence electrons. The van der Waals surface area contributed by atoms with Gasteiger partial charge in [-0.25, -0.2) is 4.98 Å². The van der Waals surface area contributed by atoms with Crippen molar-refractivity contribution in [1.82, 2.24) is 14.9 Å². The average molecular weight is 319 g/mol. The maximum atomic E-state index is 12.1. The normalized spacial score (nSPS) is 22.5. The van der Waals surface area contributed by atoms with Gasteiger partial charge in [0.25, 0.3) is 0 Å². The lowest BCUT2D eigenvalue weighted by molar-refractivity contribution is -0.130. The summed E-state index contributed by atoms with van der Waals surface area (Å²) in [4.78, 5) is 35.9. The van der Waals surface area contributed by atoms with Crippen molar-refractivity contribution in [2.75, 3.05) is 31.6 Å². The van der Waals surface area contributed by atoms with Gasteiger partial charge in [0, 0.05) is 44.4 Å². The van der Waals surface area contributed by atoms with Crippen LogP contribution in [-0.2, 0) is 9.59 Å². The van der Waals surface area contributed by atoms with Crippen LogP contribution in [-0.4, -0.2) is 59.5 Å². The number of carbonyl (C=O) groups excluding carboxylic acids is 2. The van der Waals surface area contributed by atoms with Gasteiger partial charge in [-0.3, -0.25) is 9.59 Å². The molecule has 0 saturated carbocycles. The monoisotopic (exact) mass is 319 g/mol. The molecule has 2 amide bonds. The number of methoxy groups -OCH3 is 1. The summed E-state index contributed by atoms with van der Waals surface area (Å²) < 4.78 is 5.12. The van der Waals surface area contributed by atoms with E-state index in [0.717, 1.165) is 25.9 Å². The Hall–Kier alpha value is -2.38. The van der Waals surface area contributed by atoms with E-state index in [2.05, 4.69) is 14.9 Å². The minimum Gasteiger partial charge on any atom is -0.481 e. The summed E-state index contributed by atoms with van der Waals surface area (Å²) in [7, 11) is 1.58. The van der Waals surface area contributed by atoms with Gasteiger partial charge in [-0.15, -0.1) is 0 Å². The summed E-state index contributed by atoms with van der Waals surface area (Å²) in [5.74, 6) is 0.483. The van der Waals surface area contributed by atoms with Crippen LogP contribution in [0.3, 0.4) is 0 Å². The van der Waals surface area contributed by atoms with Crippen molar-refractivity contribution in [2.24, 2.45) is 11.7 Å². The topological polar surface area (TPSA) is 102 Å². The van der Waals surface area contributed by atoms with E-state index in [1.807, 2.05) is 4.90 Å². The van der Waals surface area contributed by atoms with Crippen LogP contribution in [0.4, 0.5) is 5.95 Å². The maximum Gasteiger partial charge on any atom is 0.228 e. The highest BCUT2D eigenvalue weighted by Gasteiger charge is 2.38. The van der Waals surface area contributed by atoms with Crippen LogP contribution < -0.4 is 15.4 Å². The number of carbonyl (C=O) groups is 2. The van der Waals surface area contributed by atoms with Gasteiger partial charge < -0.3 is 20.3 Å². The number of ether oxygens (including phenoxy) is 1. The van der Waals surface area contributed by atoms with Gasteiger partial charge in [-0.1, -0.05) is 0 Å². The van der Waals surface area contributed by atoms with Crippen molar-refractivity contribution >= 4 is 17.8 Å². The van der Waals surface area contributed by atoms with Gasteiger partial charge in [0.2, 0.25) is 23.6 Å². The zero-order chi connectivity index (χ0) is 16.4. The van der Waals surface area contributed by atoms with Crippen molar-refractivity contribution < 1.29 is 14.3 Å². The Labute approximate surface area is 134 Å². The van der Waals surface area contributed by atoms with Crippen molar-refractivity contribution in [3.8, 4) is 5.88 Å². The number of hydrogen-bond acceptors (Lipinski definition) is 6. The smallest absolute Gasteiger partial charge is 0.228 e. The van der Waals surface area contributed by atoms with E-state index in [-0.39, 0.29) is 30.2 Å². The molecule has 2 N–H and O–H groups in total. The molecule has 1 unspecified atom stereocenters. The Morgan fingerprint density at radius 1 is 1.39 bits per heavy atom. The van der Waals surface area contributed by atoms with Crippen LogP contribution in [0.5, 0.6) is 5.88 Å². The van der Waals surface area contributed by atoms with E-state index in [1.54, 1.807) is 19.4 Å². The van der Waals surface area contributed by atoms with Gasteiger partial charge in [0.15, 0.2) is 0 Å². The number of primary amides is 1. The number of aromatic nitrogens is 2. The Bertz CT molecular complexity index is 601. The zero-order valence-electron chi connectivity index (χ0n) is 13.1. The molecule has 2 aliphatic heterocycles. The number of nitrogens with zero attached hydrogens (tertiary/aromatic N) is 4. The van der Waals surface area contributed by atoms with E-state index < -0.39 is 0 Å². The summed E-state index contributed by atoms with van der Waals surface area (Å²) >= 11 is 0. The lowest BCUT2D eigenvalue weighted by atomic mass is 10.0. The predicted molar refractivity (Wildman–Crippen MR) is 82.8 cm³/mol. The number of rotatable bonds is 4. The van der Waals surface area contributed by atoms with E-state index in [4.69, 9.17) is 10.5 Å². The van der Waals surface area contributed by atoms with Crippen LogP contribution in [0, 0.1) is 5.92 Å². The first-order chi connectivity index (χ1) is 11.1. The van der Waals surface area contributed by atoms with Crippen LogP contribution in [0.1, 0.15) is 19.3 Å². The second-order valence-corrected chi connectivity index (χ2v) is 5.97. The molecule has 23 heavy (non-hydrogen) atoms. The number of piperidine rings is 1. The van der Waals surface area contributed by atoms with Crippen LogP contribution in [0.15, 0.2) is 12.3 Å². The molecule has 8 nitrogen and oxygen atoms in total. The van der Waals surface area contributed by atoms with E-state index in [1.165, 1.54) is 0 Å². The molecule has 1 atom stereocenters. The highest BCUT2D eigenvalue weighted by atomic mass is 16.5. The molecule has 0 aliphatic carbocycles. The molecule has 0 spiro atoms. The quantitative estimate of drug-likeness (QED) is 0.824. The third-order valence-electron chi connectivity index (χ3n) is 4.58. The van der Waals surface area contributed by atoms with Gasteiger partial charge in [0.05, 0.1) is 13.0 Å². The number of nitrogens with two attached hydrogens (primary N) is 1. The van der Waals surface area contributed by atoms with E-state index in [9.17, 15) is 9.59 Å². The zero-order valence-corrected chi connectivity index (χ0v) is 13.1. The first kappa shape index (κ1) is 15.5. The number of hydrogen-bond donors (Lipinski definition) is 1. The summed E-state index contributed by atoms with van der Waals surface area (Å²) in [6.45, 7) is 1.99. The Morgan fingerprint density at radius 2 is 2.13 bits per heavy atom. The van der Waals surface area contributed by atoms with Gasteiger partial charge >= 0.3 is 0 Å². The second-order valence-electron chi connectivity index (χ2n) is 5.97. The third kappa shape index (κ3) is 3.20. The van der Waals surface area contributed by atoms with Crippen molar-refractivity contribution in [2.45, 2.75) is 25.3 Å². The Balaban J connectivity index is 1.60. The highest BCUT2D eigenvalue weighted by molar-refractivity contribution is 5.88. The van der Waals surface area contributed by atoms with E-state index in [0.29, 0.717) is 18.4 Å². The first-order valence-electron chi connectivity index (χ1n) is 7.79. The van der Waals surface area contributed by atoms with Crippen LogP contribution >= 0.6 is 0 Å². The van der Waals surface area contributed by atoms with Crippen LogP contribution in [0.25, 0.3) is 0 Å². The Morgan fingerprint density at radius 3 is 2.74 bits per heavy atom. The van der Waals surface area contributed by atoms with Crippen molar-refractivity contribution in [3.63, 3.8) is 0 Å². The highest BCUT2D eigenvalue weighted by Crippen LogP contribution is 2.26. The number of amides is 2. The molecule has 2 aliphatic rings. The fourth-order valence-electron chi connectivity index (χ4n) is 3.25. The molecular formula is C15H21N5O3. The summed E-state index contributed by atoms with van der Waals surface area (Å²) in [5.41, 5.74) is 5.32. The predicted octanol–water partition coefficient (Wildman–Crippen LogP) is -0.212. The average Bonchev–Trinajstić information content (AvgIpc) is 2.97. The van der Waals surface area contributed by atoms with Gasteiger partial charge in [-0.05, 0) is 12.8 Å². The lowest BCUT2D eigenvalue weighted by Crippen LogP contribution is -2.46. The first-order valence-corrected chi connectivity index (χ1v) is 7.79. The number of likely N-dealkylation sites (tertiary alicyclic amines) is 1. The SMILES string of the molecule is COc1ccnc(N2CCC(N3CC(C(N)=O)CC3=O)CC2)n1. The molecule has 2 fully saturated rings. The largest absolute Gasteiger partial charge is 0.481 e. The Kier molecular flexibility index (Phi) is 4.31. The fraction of sp³-hybridized carbons (Fsp3) is 0.600. The molecular weight excluding hydrogens is 298 g/mol. The molecule has 3 heterocycles. The lowest BCUT2D eigenvalue weighted by Gasteiger charge is -2.36. The molecule has 2 saturated heterocycles. The number of anilines is 1. The standard InChI is InChI=1S/C15H21N5O3/c1-23-12-2-5-17-15(18-12)19-6-3-11(4-7-19)20-9-10(14(16)22)8-13(20)21/h2,5,10-11H,3-4,6-9H2,1H3,(H2,16,22). The fourth-order valence-corrected chi connectivity index (χ4v) is 3.25. The van der Waals surface area contributed by atoms with Crippen LogP contribution in [0.2, 0.25) is 0 Å². The van der Waals surface area contributed by atoms with Crippen molar-refractivity contribution in [3.05, 3.63) is 12.3 Å². The minimum atomic E-state index is -0.386. The molecule has 8 heteroatoms.